The summed E-state index contributed by atoms with van der Waals surface area (Å²) in [5.74, 6) is 0.343. The Labute approximate surface area is 203 Å². The number of carbonyl (C=O) groups excluding carboxylic acids is 1. The number of anilines is 1. The van der Waals surface area contributed by atoms with Crippen LogP contribution in [0.3, 0.4) is 0 Å². The Morgan fingerprint density at radius 1 is 1.00 bits per heavy atom. The molecular weight excluding hydrogens is 468 g/mol. The van der Waals surface area contributed by atoms with Crippen LogP contribution in [0.5, 0.6) is 5.75 Å². The van der Waals surface area contributed by atoms with Crippen LogP contribution in [0.2, 0.25) is 0 Å². The number of ether oxygens (including phenoxy) is 2. The molecule has 35 heavy (non-hydrogen) atoms. The Kier molecular flexibility index (Phi) is 6.88. The summed E-state index contributed by atoms with van der Waals surface area (Å²) < 4.78 is 44.9. The summed E-state index contributed by atoms with van der Waals surface area (Å²) >= 11 is 0. The normalized spacial score (nSPS) is 11.2. The van der Waals surface area contributed by atoms with Crippen molar-refractivity contribution in [3.05, 3.63) is 95.4 Å². The van der Waals surface area contributed by atoms with Gasteiger partial charge >= 0.3 is 5.97 Å². The summed E-state index contributed by atoms with van der Waals surface area (Å²) in [5, 5.41) is 0. The molecule has 0 spiro atoms. The maximum absolute atomic E-state index is 13.0. The standard InChI is InChI=1S/C26H24N2O6S/c1-17-9-12-21(13-10-17)28-35(30,31)24-15-20(11-14-23(24)32-3)26(29)33-16-22-18(2)34-25(27-22)19-7-5-4-6-8-19/h4-15,28H,16H2,1-3H3. The van der Waals surface area contributed by atoms with Crippen molar-refractivity contribution in [2.45, 2.75) is 25.3 Å². The molecule has 0 fully saturated rings. The van der Waals surface area contributed by atoms with Crippen molar-refractivity contribution in [1.82, 2.24) is 4.98 Å². The number of sulfonamides is 1. The lowest BCUT2D eigenvalue weighted by molar-refractivity contribution is 0.0466. The number of rotatable bonds is 8. The molecule has 180 valence electrons. The van der Waals surface area contributed by atoms with Gasteiger partial charge in [-0.25, -0.2) is 18.2 Å². The van der Waals surface area contributed by atoms with E-state index in [-0.39, 0.29) is 22.8 Å². The third-order valence-electron chi connectivity index (χ3n) is 5.25. The molecule has 8 nitrogen and oxygen atoms in total. The first-order valence-electron chi connectivity index (χ1n) is 10.7. The SMILES string of the molecule is COc1ccc(C(=O)OCc2nc(-c3ccccc3)oc2C)cc1S(=O)(=O)Nc1ccc(C)cc1. The number of aryl methyl sites for hydroxylation is 2. The summed E-state index contributed by atoms with van der Waals surface area (Å²) in [4.78, 5) is 17.0. The van der Waals surface area contributed by atoms with Crippen LogP contribution >= 0.6 is 0 Å². The molecule has 1 N–H and O–H groups in total. The van der Waals surface area contributed by atoms with Crippen LogP contribution in [0.1, 0.15) is 27.4 Å². The van der Waals surface area contributed by atoms with Gasteiger partial charge in [-0.3, -0.25) is 4.72 Å². The van der Waals surface area contributed by atoms with E-state index >= 15 is 0 Å². The number of hydrogen-bond acceptors (Lipinski definition) is 7. The molecule has 4 rings (SSSR count). The second kappa shape index (κ2) is 10.0. The first kappa shape index (κ1) is 24.0. The number of aromatic nitrogens is 1. The molecule has 0 bridgehead atoms. The molecule has 0 atom stereocenters. The smallest absolute Gasteiger partial charge is 0.338 e. The van der Waals surface area contributed by atoms with Crippen molar-refractivity contribution in [2.75, 3.05) is 11.8 Å². The third-order valence-corrected chi connectivity index (χ3v) is 6.65. The highest BCUT2D eigenvalue weighted by molar-refractivity contribution is 7.92. The largest absolute Gasteiger partial charge is 0.495 e. The van der Waals surface area contributed by atoms with Gasteiger partial charge in [-0.05, 0) is 56.3 Å². The second-order valence-electron chi connectivity index (χ2n) is 7.80. The zero-order chi connectivity index (χ0) is 25.0. The predicted octanol–water partition coefficient (Wildman–Crippen LogP) is 5.12. The Morgan fingerprint density at radius 3 is 2.40 bits per heavy atom. The van der Waals surface area contributed by atoms with Gasteiger partial charge in [0.05, 0.1) is 12.7 Å². The molecule has 0 amide bonds. The van der Waals surface area contributed by atoms with E-state index in [4.69, 9.17) is 13.9 Å². The summed E-state index contributed by atoms with van der Waals surface area (Å²) in [6.07, 6.45) is 0. The van der Waals surface area contributed by atoms with Crippen LogP contribution in [0.25, 0.3) is 11.5 Å². The van der Waals surface area contributed by atoms with E-state index in [1.165, 1.54) is 25.3 Å². The fraction of sp³-hybridized carbons (Fsp3) is 0.154. The number of esters is 1. The second-order valence-corrected chi connectivity index (χ2v) is 9.45. The first-order chi connectivity index (χ1) is 16.8. The van der Waals surface area contributed by atoms with Crippen molar-refractivity contribution in [3.63, 3.8) is 0 Å². The van der Waals surface area contributed by atoms with E-state index < -0.39 is 16.0 Å². The van der Waals surface area contributed by atoms with Gasteiger partial charge in [-0.15, -0.1) is 0 Å². The van der Waals surface area contributed by atoms with Crippen LogP contribution in [-0.4, -0.2) is 26.5 Å². The van der Waals surface area contributed by atoms with E-state index in [0.717, 1.165) is 11.1 Å². The lowest BCUT2D eigenvalue weighted by Gasteiger charge is -2.13. The van der Waals surface area contributed by atoms with E-state index in [9.17, 15) is 13.2 Å². The Balaban J connectivity index is 1.52. The first-order valence-corrected chi connectivity index (χ1v) is 12.2. The number of oxazole rings is 1. The summed E-state index contributed by atoms with van der Waals surface area (Å²) in [7, 11) is -2.68. The van der Waals surface area contributed by atoms with Crippen molar-refractivity contribution < 1.29 is 27.1 Å². The zero-order valence-electron chi connectivity index (χ0n) is 19.4. The molecule has 0 aliphatic heterocycles. The molecule has 0 saturated carbocycles. The Bertz CT molecular complexity index is 1450. The highest BCUT2D eigenvalue weighted by Crippen LogP contribution is 2.28. The van der Waals surface area contributed by atoms with Gasteiger partial charge in [0.1, 0.15) is 28.7 Å². The summed E-state index contributed by atoms with van der Waals surface area (Å²) in [6.45, 7) is 3.51. The van der Waals surface area contributed by atoms with Crippen LogP contribution in [0, 0.1) is 13.8 Å². The van der Waals surface area contributed by atoms with Gasteiger partial charge in [0.15, 0.2) is 0 Å². The number of nitrogens with zero attached hydrogens (tertiary/aromatic N) is 1. The lowest BCUT2D eigenvalue weighted by atomic mass is 10.2. The molecule has 0 unspecified atom stereocenters. The number of nitrogens with one attached hydrogen (secondary N) is 1. The minimum atomic E-state index is -4.04. The third kappa shape index (κ3) is 5.52. The van der Waals surface area contributed by atoms with E-state index in [1.54, 1.807) is 31.2 Å². The maximum atomic E-state index is 13.0. The lowest BCUT2D eigenvalue weighted by Crippen LogP contribution is -2.15. The minimum Gasteiger partial charge on any atom is -0.495 e. The molecule has 9 heteroatoms. The highest BCUT2D eigenvalue weighted by Gasteiger charge is 2.23. The van der Waals surface area contributed by atoms with Crippen molar-refractivity contribution in [1.29, 1.82) is 0 Å². The molecule has 4 aromatic rings. The van der Waals surface area contributed by atoms with E-state index in [1.807, 2.05) is 37.3 Å². The number of methoxy groups -OCH3 is 1. The maximum Gasteiger partial charge on any atom is 0.338 e. The predicted molar refractivity (Wildman–Crippen MR) is 131 cm³/mol. The summed E-state index contributed by atoms with van der Waals surface area (Å²) in [6, 6.07) is 20.3. The molecular formula is C26H24N2O6S. The van der Waals surface area contributed by atoms with Gasteiger partial charge in [0, 0.05) is 11.3 Å². The quantitative estimate of drug-likeness (QED) is 0.340. The van der Waals surface area contributed by atoms with E-state index in [0.29, 0.717) is 23.0 Å². The van der Waals surface area contributed by atoms with Crippen molar-refractivity contribution in [2.24, 2.45) is 0 Å². The molecule has 1 heterocycles. The minimum absolute atomic E-state index is 0.0551. The number of carbonyl (C=O) groups is 1. The molecule has 0 aliphatic carbocycles. The molecule has 0 aliphatic rings. The molecule has 0 radical (unpaired) electrons. The Morgan fingerprint density at radius 2 is 1.71 bits per heavy atom. The Hall–Kier alpha value is -4.11. The van der Waals surface area contributed by atoms with Crippen LogP contribution in [-0.2, 0) is 21.4 Å². The topological polar surface area (TPSA) is 108 Å². The molecule has 3 aromatic carbocycles. The molecule has 0 saturated heterocycles. The highest BCUT2D eigenvalue weighted by atomic mass is 32.2. The summed E-state index contributed by atoms with van der Waals surface area (Å²) in [5.41, 5.74) is 2.72. The zero-order valence-corrected chi connectivity index (χ0v) is 20.3. The van der Waals surface area contributed by atoms with Crippen molar-refractivity contribution in [3.8, 4) is 17.2 Å². The van der Waals surface area contributed by atoms with Gasteiger partial charge in [0.2, 0.25) is 5.89 Å². The average molecular weight is 493 g/mol. The van der Waals surface area contributed by atoms with Crippen LogP contribution in [0.15, 0.2) is 82.1 Å². The van der Waals surface area contributed by atoms with Crippen molar-refractivity contribution >= 4 is 21.7 Å². The van der Waals surface area contributed by atoms with Gasteiger partial charge in [-0.1, -0.05) is 35.9 Å². The number of hydrogen-bond donors (Lipinski definition) is 1. The molecule has 1 aromatic heterocycles. The van der Waals surface area contributed by atoms with Gasteiger partial charge in [-0.2, -0.15) is 0 Å². The fourth-order valence-electron chi connectivity index (χ4n) is 3.33. The van der Waals surface area contributed by atoms with Gasteiger partial charge < -0.3 is 13.9 Å². The van der Waals surface area contributed by atoms with E-state index in [2.05, 4.69) is 9.71 Å². The van der Waals surface area contributed by atoms with Gasteiger partial charge in [0.25, 0.3) is 10.0 Å². The fourth-order valence-corrected chi connectivity index (χ4v) is 4.58. The van der Waals surface area contributed by atoms with Crippen LogP contribution < -0.4 is 9.46 Å². The number of benzene rings is 3. The average Bonchev–Trinajstić information content (AvgIpc) is 3.24. The van der Waals surface area contributed by atoms with Crippen LogP contribution in [0.4, 0.5) is 5.69 Å². The monoisotopic (exact) mass is 492 g/mol.